The number of carbonyl (C=O) groups is 2. The van der Waals surface area contributed by atoms with Crippen molar-refractivity contribution in [1.29, 1.82) is 0 Å². The highest BCUT2D eigenvalue weighted by molar-refractivity contribution is 5.68. The summed E-state index contributed by atoms with van der Waals surface area (Å²) in [6.45, 7) is 11.4. The van der Waals surface area contributed by atoms with E-state index >= 15 is 0 Å². The van der Waals surface area contributed by atoms with Gasteiger partial charge >= 0.3 is 11.9 Å². The summed E-state index contributed by atoms with van der Waals surface area (Å²) >= 11 is 0. The average Bonchev–Trinajstić information content (AvgIpc) is 3.13. The lowest BCUT2D eigenvalue weighted by atomic mass is 9.57. The Hall–Kier alpha value is -1.52. The molecule has 0 aromatic rings. The van der Waals surface area contributed by atoms with Gasteiger partial charge in [-0.1, -0.05) is 33.8 Å². The van der Waals surface area contributed by atoms with Crippen molar-refractivity contribution in [3.05, 3.63) is 11.6 Å². The maximum Gasteiger partial charge on any atom is 0.303 e. The smallest absolute Gasteiger partial charge is 0.303 e. The highest BCUT2D eigenvalue weighted by Crippen LogP contribution is 2.78. The van der Waals surface area contributed by atoms with Crippen LogP contribution < -0.4 is 5.73 Å². The van der Waals surface area contributed by atoms with Crippen LogP contribution in [0.4, 0.5) is 0 Å². The van der Waals surface area contributed by atoms with Crippen molar-refractivity contribution in [2.24, 2.45) is 40.2 Å². The molecular weight excluding hydrogens is 442 g/mol. The molecule has 0 amide bonds. The van der Waals surface area contributed by atoms with E-state index in [4.69, 9.17) is 15.2 Å². The van der Waals surface area contributed by atoms with Gasteiger partial charge in [0.1, 0.15) is 17.3 Å². The van der Waals surface area contributed by atoms with Crippen molar-refractivity contribution in [2.75, 3.05) is 6.61 Å². The van der Waals surface area contributed by atoms with Crippen molar-refractivity contribution in [3.63, 3.8) is 0 Å². The number of esters is 2. The molecule has 192 valence electrons. The van der Waals surface area contributed by atoms with Gasteiger partial charge in [-0.05, 0) is 30.8 Å². The molecule has 0 heterocycles. The van der Waals surface area contributed by atoms with E-state index in [9.17, 15) is 30.0 Å². The lowest BCUT2D eigenvalue weighted by Crippen LogP contribution is -2.70. The summed E-state index contributed by atoms with van der Waals surface area (Å²) in [5, 5.41) is 47.3. The molecule has 0 aromatic heterocycles. The first-order valence-corrected chi connectivity index (χ1v) is 12.1. The summed E-state index contributed by atoms with van der Waals surface area (Å²) in [7, 11) is 0. The van der Waals surface area contributed by atoms with Crippen LogP contribution in [0, 0.1) is 34.5 Å². The van der Waals surface area contributed by atoms with Gasteiger partial charge in [0, 0.05) is 31.1 Å². The Bertz CT molecular complexity index is 949. The number of fused-ring (bicyclic) bond motifs is 3. The van der Waals surface area contributed by atoms with Gasteiger partial charge in [-0.2, -0.15) is 0 Å². The summed E-state index contributed by atoms with van der Waals surface area (Å²) in [5.74, 6) is -3.66. The quantitative estimate of drug-likeness (QED) is 0.282. The third kappa shape index (κ3) is 2.62. The zero-order valence-electron chi connectivity index (χ0n) is 21.0. The summed E-state index contributed by atoms with van der Waals surface area (Å²) in [5.41, 5.74) is 0.833. The molecular formula is C25H39NO8. The SMILES string of the molecule is CC(=O)OCC1C(C)[C@]2(N)C(O)[C@]3(C=C(C)[C@H](O)[C@@]3(O)[C@@H]1O)[C@H](C)C[C@]1(OC(C)=O)[C@H]2C1(C)C. The topological polar surface area (TPSA) is 160 Å². The third-order valence-electron chi connectivity index (χ3n) is 10.1. The largest absolute Gasteiger partial charge is 0.465 e. The second-order valence-electron chi connectivity index (χ2n) is 11.9. The molecule has 0 aliphatic heterocycles. The normalized spacial score (nSPS) is 52.9. The molecule has 9 nitrogen and oxygen atoms in total. The Morgan fingerprint density at radius 2 is 1.74 bits per heavy atom. The zero-order valence-corrected chi connectivity index (χ0v) is 21.0. The Balaban J connectivity index is 2.02. The van der Waals surface area contributed by atoms with Crippen LogP contribution in [0.5, 0.6) is 0 Å². The molecule has 3 saturated carbocycles. The standard InChI is InChI=1S/C25H39NO8/c1-11-8-22-12(2)9-23(34-15(5)28)19(21(23,6)7)24(26,20(22)31)13(3)16(10-33-14(4)27)18(30)25(22,32)17(11)29/h8,12-13,16-20,29-32H,9-10,26H2,1-7H3/t12-,13?,16?,17+,18-,19-,20?,22+,23+,24-,25-/m1/s1. The van der Waals surface area contributed by atoms with Gasteiger partial charge < -0.3 is 35.6 Å². The lowest BCUT2D eigenvalue weighted by molar-refractivity contribution is -0.230. The predicted octanol–water partition coefficient (Wildman–Crippen LogP) is 0.271. The fraction of sp³-hybridized carbons (Fsp3) is 0.840. The van der Waals surface area contributed by atoms with E-state index in [2.05, 4.69) is 0 Å². The molecule has 2 bridgehead atoms. The number of hydrogen-bond donors (Lipinski definition) is 5. The zero-order chi connectivity index (χ0) is 25.8. The molecule has 1 spiro atoms. The molecule has 0 radical (unpaired) electrons. The van der Waals surface area contributed by atoms with Crippen LogP contribution in [0.2, 0.25) is 0 Å². The fourth-order valence-electron chi connectivity index (χ4n) is 8.52. The second-order valence-corrected chi connectivity index (χ2v) is 11.9. The Morgan fingerprint density at radius 3 is 2.26 bits per heavy atom. The van der Waals surface area contributed by atoms with Crippen LogP contribution in [-0.2, 0) is 19.1 Å². The maximum absolute atomic E-state index is 12.2. The number of ether oxygens (including phenoxy) is 2. The van der Waals surface area contributed by atoms with E-state index in [1.165, 1.54) is 13.8 Å². The van der Waals surface area contributed by atoms with Gasteiger partial charge in [0.25, 0.3) is 0 Å². The monoisotopic (exact) mass is 481 g/mol. The molecule has 6 N–H and O–H groups in total. The van der Waals surface area contributed by atoms with Gasteiger partial charge in [0.2, 0.25) is 0 Å². The van der Waals surface area contributed by atoms with Crippen LogP contribution >= 0.6 is 0 Å². The van der Waals surface area contributed by atoms with E-state index in [1.54, 1.807) is 19.9 Å². The van der Waals surface area contributed by atoms with Crippen LogP contribution in [0.1, 0.15) is 54.9 Å². The number of rotatable bonds is 3. The van der Waals surface area contributed by atoms with Gasteiger partial charge in [0.15, 0.2) is 0 Å². The third-order valence-corrected chi connectivity index (χ3v) is 10.1. The Morgan fingerprint density at radius 1 is 1.15 bits per heavy atom. The molecule has 4 aliphatic carbocycles. The van der Waals surface area contributed by atoms with Crippen molar-refractivity contribution >= 4 is 11.9 Å². The first-order valence-electron chi connectivity index (χ1n) is 12.1. The van der Waals surface area contributed by atoms with Gasteiger partial charge in [-0.15, -0.1) is 0 Å². The van der Waals surface area contributed by atoms with E-state index in [0.29, 0.717) is 5.57 Å². The molecule has 9 heteroatoms. The number of hydrogen-bond acceptors (Lipinski definition) is 9. The Kier molecular flexibility index (Phi) is 5.46. The van der Waals surface area contributed by atoms with E-state index in [0.717, 1.165) is 0 Å². The van der Waals surface area contributed by atoms with Crippen molar-refractivity contribution in [3.8, 4) is 0 Å². The lowest BCUT2D eigenvalue weighted by Gasteiger charge is -2.53. The molecule has 3 unspecified atom stereocenters. The highest BCUT2D eigenvalue weighted by Gasteiger charge is 2.88. The van der Waals surface area contributed by atoms with Crippen molar-refractivity contribution in [2.45, 2.75) is 89.9 Å². The van der Waals surface area contributed by atoms with Crippen molar-refractivity contribution in [1.82, 2.24) is 0 Å². The van der Waals surface area contributed by atoms with Crippen LogP contribution in [0.15, 0.2) is 11.6 Å². The van der Waals surface area contributed by atoms with Crippen LogP contribution in [0.3, 0.4) is 0 Å². The number of nitrogens with two attached hydrogens (primary N) is 1. The number of aliphatic hydroxyl groups is 4. The van der Waals surface area contributed by atoms with Gasteiger partial charge in [0.05, 0.1) is 29.8 Å². The minimum absolute atomic E-state index is 0.254. The molecule has 34 heavy (non-hydrogen) atoms. The summed E-state index contributed by atoms with van der Waals surface area (Å²) in [4.78, 5) is 23.9. The van der Waals surface area contributed by atoms with Crippen molar-refractivity contribution < 1.29 is 39.5 Å². The molecule has 11 atom stereocenters. The van der Waals surface area contributed by atoms with Gasteiger partial charge in [-0.3, -0.25) is 9.59 Å². The average molecular weight is 482 g/mol. The van der Waals surface area contributed by atoms with E-state index < -0.39 is 81.5 Å². The molecule has 0 saturated heterocycles. The summed E-state index contributed by atoms with van der Waals surface area (Å²) < 4.78 is 11.3. The minimum atomic E-state index is -2.20. The van der Waals surface area contributed by atoms with E-state index in [-0.39, 0.29) is 13.0 Å². The van der Waals surface area contributed by atoms with Gasteiger partial charge in [-0.25, -0.2) is 0 Å². The summed E-state index contributed by atoms with van der Waals surface area (Å²) in [6.07, 6.45) is -2.49. The molecule has 3 fully saturated rings. The fourth-order valence-corrected chi connectivity index (χ4v) is 8.52. The molecule has 0 aromatic carbocycles. The molecule has 4 rings (SSSR count). The Labute approximate surface area is 200 Å². The van der Waals surface area contributed by atoms with Crippen LogP contribution in [0.25, 0.3) is 0 Å². The van der Waals surface area contributed by atoms with E-state index in [1.807, 2.05) is 20.8 Å². The summed E-state index contributed by atoms with van der Waals surface area (Å²) in [6, 6.07) is 0. The first-order chi connectivity index (χ1) is 15.5. The predicted molar refractivity (Wildman–Crippen MR) is 121 cm³/mol. The first kappa shape index (κ1) is 25.6. The highest BCUT2D eigenvalue weighted by atomic mass is 16.6. The maximum atomic E-state index is 12.2. The second kappa shape index (κ2) is 7.26. The number of aliphatic hydroxyl groups excluding tert-OH is 3. The van der Waals surface area contributed by atoms with Crippen LogP contribution in [-0.4, -0.2) is 74.0 Å². The minimum Gasteiger partial charge on any atom is -0.465 e. The number of carbonyl (C=O) groups excluding carboxylic acids is 2. The molecule has 4 aliphatic rings.